The third-order valence-corrected chi connectivity index (χ3v) is 4.00. The van der Waals surface area contributed by atoms with E-state index in [1.165, 1.54) is 10.5 Å². The topological polar surface area (TPSA) is 50.5 Å². The molecule has 0 N–H and O–H groups in total. The van der Waals surface area contributed by atoms with Gasteiger partial charge in [0.15, 0.2) is 0 Å². The van der Waals surface area contributed by atoms with Gasteiger partial charge in [0.2, 0.25) is 0 Å². The molecule has 0 atom stereocenters. The fourth-order valence-corrected chi connectivity index (χ4v) is 2.84. The van der Waals surface area contributed by atoms with Crippen molar-refractivity contribution < 1.29 is 14.0 Å². The third-order valence-electron chi connectivity index (χ3n) is 4.00. The summed E-state index contributed by atoms with van der Waals surface area (Å²) in [5.74, 6) is -0.199. The van der Waals surface area contributed by atoms with E-state index in [0.29, 0.717) is 33.9 Å². The Morgan fingerprint density at radius 1 is 0.857 bits per heavy atom. The Labute approximate surface area is 121 Å². The third kappa shape index (κ3) is 1.50. The minimum absolute atomic E-state index is 0.304. The minimum Gasteiger partial charge on any atom is -0.456 e. The summed E-state index contributed by atoms with van der Waals surface area (Å²) in [6.45, 7) is 4.20. The molecule has 21 heavy (non-hydrogen) atoms. The van der Waals surface area contributed by atoms with E-state index in [2.05, 4.69) is 13.8 Å². The number of hydrogen-bond acceptors (Lipinski definition) is 3. The van der Waals surface area contributed by atoms with Crippen LogP contribution in [-0.4, -0.2) is 11.8 Å². The van der Waals surface area contributed by atoms with Crippen LogP contribution >= 0.6 is 0 Å². The Bertz CT molecular complexity index is 813. The number of nitrogens with zero attached hydrogens (tertiary/aromatic N) is 1. The lowest BCUT2D eigenvalue weighted by Crippen LogP contribution is -2.29. The highest BCUT2D eigenvalue weighted by atomic mass is 16.3. The number of imide groups is 1. The number of amides is 2. The zero-order valence-corrected chi connectivity index (χ0v) is 11.7. The van der Waals surface area contributed by atoms with Gasteiger partial charge in [-0.05, 0) is 35.7 Å². The van der Waals surface area contributed by atoms with Gasteiger partial charge in [0.05, 0.1) is 16.8 Å². The Hall–Kier alpha value is -2.62. The molecule has 4 rings (SSSR count). The van der Waals surface area contributed by atoms with Gasteiger partial charge in [-0.3, -0.25) is 9.59 Å². The van der Waals surface area contributed by atoms with E-state index in [1.54, 1.807) is 12.1 Å². The van der Waals surface area contributed by atoms with Crippen molar-refractivity contribution in [1.82, 2.24) is 0 Å². The zero-order chi connectivity index (χ0) is 14.7. The summed E-state index contributed by atoms with van der Waals surface area (Å²) in [5, 5.41) is 0. The van der Waals surface area contributed by atoms with Crippen molar-refractivity contribution in [3.63, 3.8) is 0 Å². The monoisotopic (exact) mass is 279 g/mol. The van der Waals surface area contributed by atoms with Crippen molar-refractivity contribution in [3.8, 4) is 0 Å². The second-order valence-corrected chi connectivity index (χ2v) is 5.61. The van der Waals surface area contributed by atoms with Crippen molar-refractivity contribution in [1.29, 1.82) is 0 Å². The Morgan fingerprint density at radius 3 is 1.86 bits per heavy atom. The van der Waals surface area contributed by atoms with E-state index in [4.69, 9.17) is 4.42 Å². The molecule has 4 heteroatoms. The molecule has 3 heterocycles. The normalized spacial score (nSPS) is 14.7. The molecule has 2 amide bonds. The minimum atomic E-state index is -0.304. The molecule has 0 fully saturated rings. The first-order chi connectivity index (χ1) is 10.1. The first-order valence-corrected chi connectivity index (χ1v) is 6.91. The van der Waals surface area contributed by atoms with E-state index in [-0.39, 0.29) is 11.8 Å². The molecule has 0 saturated heterocycles. The van der Waals surface area contributed by atoms with Crippen LogP contribution in [0, 0.1) is 0 Å². The Morgan fingerprint density at radius 2 is 1.38 bits per heavy atom. The largest absolute Gasteiger partial charge is 0.456 e. The number of carbonyl (C=O) groups excluding carboxylic acids is 2. The molecule has 1 aromatic carbocycles. The van der Waals surface area contributed by atoms with Gasteiger partial charge in [-0.1, -0.05) is 26.0 Å². The quantitative estimate of drug-likeness (QED) is 0.670. The summed E-state index contributed by atoms with van der Waals surface area (Å²) in [4.78, 5) is 26.2. The lowest BCUT2D eigenvalue weighted by Gasteiger charge is -2.15. The molecule has 1 aliphatic heterocycles. The summed E-state index contributed by atoms with van der Waals surface area (Å²) in [6, 6.07) is 11.0. The number of benzene rings is 2. The van der Waals surface area contributed by atoms with Gasteiger partial charge in [0.1, 0.15) is 11.2 Å². The van der Waals surface area contributed by atoms with Crippen LogP contribution < -0.4 is 4.90 Å². The molecule has 0 unspecified atom stereocenters. The van der Waals surface area contributed by atoms with Crippen molar-refractivity contribution in [2.45, 2.75) is 19.8 Å². The standard InChI is InChI=1S/C17H13NO3/c1-9(2)10-3-5-11(6-4-10)18-16(19)14-12-7-8-13(21-12)15(14)17(18)20/h3-9H,1-2H3. The van der Waals surface area contributed by atoms with Gasteiger partial charge in [-0.2, -0.15) is 0 Å². The van der Waals surface area contributed by atoms with Crippen LogP contribution in [-0.2, 0) is 0 Å². The summed E-state index contributed by atoms with van der Waals surface area (Å²) < 4.78 is 5.39. The molecule has 104 valence electrons. The predicted octanol–water partition coefficient (Wildman–Crippen LogP) is 3.79. The summed E-state index contributed by atoms with van der Waals surface area (Å²) in [7, 11) is 0. The summed E-state index contributed by atoms with van der Waals surface area (Å²) in [5.41, 5.74) is 3.53. The van der Waals surface area contributed by atoms with E-state index in [9.17, 15) is 9.59 Å². The number of anilines is 1. The first kappa shape index (κ1) is 12.1. The van der Waals surface area contributed by atoms with E-state index in [1.807, 2.05) is 24.3 Å². The van der Waals surface area contributed by atoms with Crippen LogP contribution in [0.1, 0.15) is 46.0 Å². The first-order valence-electron chi connectivity index (χ1n) is 6.91. The van der Waals surface area contributed by atoms with Crippen LogP contribution in [0.15, 0.2) is 40.8 Å². The average Bonchev–Trinajstić information content (AvgIpc) is 3.13. The van der Waals surface area contributed by atoms with Crippen molar-refractivity contribution >= 4 is 28.7 Å². The lowest BCUT2D eigenvalue weighted by molar-refractivity contribution is 0.0926. The molecule has 2 bridgehead atoms. The highest BCUT2D eigenvalue weighted by molar-refractivity contribution is 6.38. The Balaban J connectivity index is 1.79. The van der Waals surface area contributed by atoms with Crippen LogP contribution in [0.2, 0.25) is 0 Å². The van der Waals surface area contributed by atoms with E-state index in [0.717, 1.165) is 0 Å². The van der Waals surface area contributed by atoms with Gasteiger partial charge in [-0.25, -0.2) is 4.90 Å². The molecule has 4 nitrogen and oxygen atoms in total. The van der Waals surface area contributed by atoms with Gasteiger partial charge in [0, 0.05) is 0 Å². The maximum absolute atomic E-state index is 12.5. The molecule has 0 spiro atoms. The predicted molar refractivity (Wildman–Crippen MR) is 79.1 cm³/mol. The van der Waals surface area contributed by atoms with Crippen molar-refractivity contribution in [3.05, 3.63) is 53.1 Å². The van der Waals surface area contributed by atoms with Crippen molar-refractivity contribution in [2.24, 2.45) is 0 Å². The van der Waals surface area contributed by atoms with Crippen LogP contribution in [0.25, 0.3) is 11.2 Å². The van der Waals surface area contributed by atoms with Gasteiger partial charge in [-0.15, -0.1) is 0 Å². The van der Waals surface area contributed by atoms with Crippen molar-refractivity contribution in [2.75, 3.05) is 4.90 Å². The highest BCUT2D eigenvalue weighted by Crippen LogP contribution is 2.37. The number of fused-ring (bicyclic) bond motifs is 5. The average molecular weight is 279 g/mol. The van der Waals surface area contributed by atoms with Gasteiger partial charge < -0.3 is 4.42 Å². The molecule has 3 aromatic rings. The molecule has 0 radical (unpaired) electrons. The molecule has 0 saturated carbocycles. The number of furan rings is 2. The smallest absolute Gasteiger partial charge is 0.270 e. The van der Waals surface area contributed by atoms with E-state index < -0.39 is 0 Å². The second kappa shape index (κ2) is 3.95. The zero-order valence-electron chi connectivity index (χ0n) is 11.7. The molecular formula is C17H13NO3. The van der Waals surface area contributed by atoms with Crippen LogP contribution in [0.4, 0.5) is 5.69 Å². The second-order valence-electron chi connectivity index (χ2n) is 5.61. The maximum Gasteiger partial charge on any atom is 0.270 e. The highest BCUT2D eigenvalue weighted by Gasteiger charge is 2.42. The lowest BCUT2D eigenvalue weighted by atomic mass is 10.0. The molecule has 2 aromatic heterocycles. The van der Waals surface area contributed by atoms with Crippen LogP contribution in [0.5, 0.6) is 0 Å². The number of hydrogen-bond donors (Lipinski definition) is 0. The van der Waals surface area contributed by atoms with Crippen LogP contribution in [0.3, 0.4) is 0 Å². The number of carbonyl (C=O) groups is 2. The van der Waals surface area contributed by atoms with Gasteiger partial charge >= 0.3 is 0 Å². The van der Waals surface area contributed by atoms with Gasteiger partial charge in [0.25, 0.3) is 11.8 Å². The number of rotatable bonds is 2. The van der Waals surface area contributed by atoms with E-state index >= 15 is 0 Å². The molecular weight excluding hydrogens is 266 g/mol. The summed E-state index contributed by atoms with van der Waals surface area (Å²) >= 11 is 0. The summed E-state index contributed by atoms with van der Waals surface area (Å²) in [6.07, 6.45) is 0. The molecule has 1 aliphatic rings. The fraction of sp³-hybridized carbons (Fsp3) is 0.176. The SMILES string of the molecule is CC(C)c1ccc(N2C(=O)c3c(c4ccc3o4)C2=O)cc1. The maximum atomic E-state index is 12.5. The fourth-order valence-electron chi connectivity index (χ4n) is 2.84. The molecule has 0 aliphatic carbocycles. The Kier molecular flexibility index (Phi) is 2.28.